The van der Waals surface area contributed by atoms with Gasteiger partial charge in [-0.2, -0.15) is 0 Å². The zero-order chi connectivity index (χ0) is 9.60. The lowest BCUT2D eigenvalue weighted by molar-refractivity contribution is -0.157. The van der Waals surface area contributed by atoms with Crippen molar-refractivity contribution in [3.05, 3.63) is 0 Å². The van der Waals surface area contributed by atoms with Gasteiger partial charge in [-0.3, -0.25) is 4.79 Å². The van der Waals surface area contributed by atoms with E-state index in [0.29, 0.717) is 11.4 Å². The van der Waals surface area contributed by atoms with Crippen LogP contribution in [-0.4, -0.2) is 35.5 Å². The maximum atomic E-state index is 12.1. The molecule has 2 saturated heterocycles. The Bertz CT molecular complexity index is 249. The Hall–Kier alpha value is -0.570. The van der Waals surface area contributed by atoms with Gasteiger partial charge in [0.05, 0.1) is 6.04 Å². The Labute approximate surface area is 84.8 Å². The molecular formula is C11H18N2O. The third kappa shape index (κ3) is 1.05. The minimum atomic E-state index is 0.146. The second kappa shape index (κ2) is 2.96. The molecule has 1 aliphatic carbocycles. The summed E-state index contributed by atoms with van der Waals surface area (Å²) in [5, 5.41) is 3.30. The first-order chi connectivity index (χ1) is 6.82. The molecule has 1 N–H and O–H groups in total. The standard InChI is InChI=1S/C11H18N2O/c14-10(9-3-1-7-12-9)13-8-6-11(13)4-2-5-11/h9,12H,1-8H2/t9-/m1/s1. The minimum absolute atomic E-state index is 0.146. The van der Waals surface area contributed by atoms with Crippen molar-refractivity contribution in [1.82, 2.24) is 10.2 Å². The van der Waals surface area contributed by atoms with Gasteiger partial charge < -0.3 is 10.2 Å². The summed E-state index contributed by atoms with van der Waals surface area (Å²) in [5.41, 5.74) is 0.335. The van der Waals surface area contributed by atoms with E-state index in [0.717, 1.165) is 25.9 Å². The fourth-order valence-electron chi connectivity index (χ4n) is 3.07. The van der Waals surface area contributed by atoms with Crippen molar-refractivity contribution in [2.45, 2.75) is 50.1 Å². The maximum Gasteiger partial charge on any atom is 0.240 e. The van der Waals surface area contributed by atoms with Gasteiger partial charge in [-0.05, 0) is 45.1 Å². The molecular weight excluding hydrogens is 176 g/mol. The van der Waals surface area contributed by atoms with Crippen molar-refractivity contribution in [2.24, 2.45) is 0 Å². The van der Waals surface area contributed by atoms with Crippen molar-refractivity contribution in [3.8, 4) is 0 Å². The highest BCUT2D eigenvalue weighted by Crippen LogP contribution is 2.47. The Balaban J connectivity index is 1.67. The fourth-order valence-corrected chi connectivity index (χ4v) is 3.07. The van der Waals surface area contributed by atoms with Gasteiger partial charge in [0, 0.05) is 12.1 Å². The number of carbonyl (C=O) groups is 1. The first kappa shape index (κ1) is 8.72. The SMILES string of the molecule is O=C([C@H]1CCCN1)N1CCC12CCC2. The van der Waals surface area contributed by atoms with Crippen LogP contribution in [0, 0.1) is 0 Å². The van der Waals surface area contributed by atoms with Gasteiger partial charge >= 0.3 is 0 Å². The normalized spacial score (nSPS) is 34.0. The van der Waals surface area contributed by atoms with Gasteiger partial charge in [0.25, 0.3) is 0 Å². The summed E-state index contributed by atoms with van der Waals surface area (Å²) in [4.78, 5) is 14.3. The number of hydrogen-bond donors (Lipinski definition) is 1. The van der Waals surface area contributed by atoms with Gasteiger partial charge in [-0.15, -0.1) is 0 Å². The average molecular weight is 194 g/mol. The molecule has 1 spiro atoms. The fraction of sp³-hybridized carbons (Fsp3) is 0.909. The minimum Gasteiger partial charge on any atom is -0.336 e. The zero-order valence-electron chi connectivity index (χ0n) is 8.59. The molecule has 1 saturated carbocycles. The Morgan fingerprint density at radius 2 is 2.14 bits per heavy atom. The monoisotopic (exact) mass is 194 g/mol. The van der Waals surface area contributed by atoms with Crippen LogP contribution in [0.3, 0.4) is 0 Å². The number of likely N-dealkylation sites (tertiary alicyclic amines) is 1. The lowest BCUT2D eigenvalue weighted by Crippen LogP contribution is -2.67. The lowest BCUT2D eigenvalue weighted by Gasteiger charge is -2.59. The van der Waals surface area contributed by atoms with Crippen LogP contribution in [0.4, 0.5) is 0 Å². The van der Waals surface area contributed by atoms with Crippen molar-refractivity contribution >= 4 is 5.91 Å². The first-order valence-electron chi connectivity index (χ1n) is 5.87. The molecule has 1 atom stereocenters. The molecule has 0 aromatic carbocycles. The van der Waals surface area contributed by atoms with E-state index in [4.69, 9.17) is 0 Å². The second-order valence-corrected chi connectivity index (χ2v) is 4.97. The lowest BCUT2D eigenvalue weighted by atomic mass is 9.67. The summed E-state index contributed by atoms with van der Waals surface area (Å²) >= 11 is 0. The summed E-state index contributed by atoms with van der Waals surface area (Å²) in [7, 11) is 0. The summed E-state index contributed by atoms with van der Waals surface area (Å²) in [6.45, 7) is 2.04. The summed E-state index contributed by atoms with van der Waals surface area (Å²) in [5.74, 6) is 0.383. The largest absolute Gasteiger partial charge is 0.336 e. The Morgan fingerprint density at radius 1 is 1.29 bits per heavy atom. The number of hydrogen-bond acceptors (Lipinski definition) is 2. The quantitative estimate of drug-likeness (QED) is 0.672. The molecule has 3 aliphatic rings. The third-order valence-corrected chi connectivity index (χ3v) is 4.28. The van der Waals surface area contributed by atoms with Crippen LogP contribution in [0.1, 0.15) is 38.5 Å². The molecule has 3 nitrogen and oxygen atoms in total. The van der Waals surface area contributed by atoms with E-state index in [1.807, 2.05) is 0 Å². The Kier molecular flexibility index (Phi) is 1.84. The van der Waals surface area contributed by atoms with E-state index in [-0.39, 0.29) is 6.04 Å². The van der Waals surface area contributed by atoms with Crippen LogP contribution in [0.5, 0.6) is 0 Å². The predicted octanol–water partition coefficient (Wildman–Crippen LogP) is 0.893. The van der Waals surface area contributed by atoms with E-state index < -0.39 is 0 Å². The Morgan fingerprint density at radius 3 is 2.57 bits per heavy atom. The number of nitrogens with one attached hydrogen (secondary N) is 1. The molecule has 3 rings (SSSR count). The molecule has 1 amide bonds. The topological polar surface area (TPSA) is 32.3 Å². The number of carbonyl (C=O) groups excluding carboxylic acids is 1. The van der Waals surface area contributed by atoms with Crippen LogP contribution in [-0.2, 0) is 4.79 Å². The van der Waals surface area contributed by atoms with Gasteiger partial charge in [0.15, 0.2) is 0 Å². The van der Waals surface area contributed by atoms with Crippen LogP contribution >= 0.6 is 0 Å². The zero-order valence-corrected chi connectivity index (χ0v) is 8.59. The van der Waals surface area contributed by atoms with Gasteiger partial charge in [0.2, 0.25) is 5.91 Å². The highest BCUT2D eigenvalue weighted by Gasteiger charge is 2.52. The van der Waals surface area contributed by atoms with Crippen LogP contribution in [0.15, 0.2) is 0 Å². The summed E-state index contributed by atoms with van der Waals surface area (Å²) in [6.07, 6.45) is 7.30. The van der Waals surface area contributed by atoms with E-state index in [1.165, 1.54) is 25.7 Å². The van der Waals surface area contributed by atoms with Gasteiger partial charge in [-0.1, -0.05) is 0 Å². The van der Waals surface area contributed by atoms with E-state index in [9.17, 15) is 4.79 Å². The van der Waals surface area contributed by atoms with Crippen molar-refractivity contribution < 1.29 is 4.79 Å². The molecule has 3 fully saturated rings. The number of rotatable bonds is 1. The predicted molar refractivity (Wildman–Crippen MR) is 53.9 cm³/mol. The summed E-state index contributed by atoms with van der Waals surface area (Å²) < 4.78 is 0. The molecule has 0 radical (unpaired) electrons. The number of amides is 1. The molecule has 3 heteroatoms. The van der Waals surface area contributed by atoms with Crippen molar-refractivity contribution in [1.29, 1.82) is 0 Å². The van der Waals surface area contributed by atoms with Crippen LogP contribution < -0.4 is 5.32 Å². The summed E-state index contributed by atoms with van der Waals surface area (Å²) in [6, 6.07) is 0.146. The van der Waals surface area contributed by atoms with Crippen molar-refractivity contribution in [2.75, 3.05) is 13.1 Å². The highest BCUT2D eigenvalue weighted by molar-refractivity contribution is 5.84. The molecule has 2 aliphatic heterocycles. The highest BCUT2D eigenvalue weighted by atomic mass is 16.2. The van der Waals surface area contributed by atoms with Crippen molar-refractivity contribution in [3.63, 3.8) is 0 Å². The average Bonchev–Trinajstić information content (AvgIpc) is 2.50. The maximum absolute atomic E-state index is 12.1. The number of nitrogens with zero attached hydrogens (tertiary/aromatic N) is 1. The van der Waals surface area contributed by atoms with Gasteiger partial charge in [-0.25, -0.2) is 0 Å². The molecule has 14 heavy (non-hydrogen) atoms. The smallest absolute Gasteiger partial charge is 0.240 e. The molecule has 0 aromatic heterocycles. The van der Waals surface area contributed by atoms with Crippen LogP contribution in [0.2, 0.25) is 0 Å². The molecule has 78 valence electrons. The van der Waals surface area contributed by atoms with E-state index >= 15 is 0 Å². The molecule has 0 aromatic rings. The molecule has 2 heterocycles. The van der Waals surface area contributed by atoms with Gasteiger partial charge in [0.1, 0.15) is 0 Å². The van der Waals surface area contributed by atoms with E-state index in [2.05, 4.69) is 10.2 Å². The first-order valence-corrected chi connectivity index (χ1v) is 5.87. The van der Waals surface area contributed by atoms with Crippen LogP contribution in [0.25, 0.3) is 0 Å². The van der Waals surface area contributed by atoms with E-state index in [1.54, 1.807) is 0 Å². The molecule has 0 unspecified atom stereocenters. The second-order valence-electron chi connectivity index (χ2n) is 4.97. The third-order valence-electron chi connectivity index (χ3n) is 4.28. The molecule has 0 bridgehead atoms.